The Kier molecular flexibility index (Phi) is 3.60. The van der Waals surface area contributed by atoms with Crippen LogP contribution in [0.4, 0.5) is 4.39 Å². The quantitative estimate of drug-likeness (QED) is 0.572. The van der Waals surface area contributed by atoms with Crippen LogP contribution in [0.2, 0.25) is 0 Å². The Hall–Kier alpha value is -2.37. The van der Waals surface area contributed by atoms with Gasteiger partial charge in [0, 0.05) is 18.0 Å². The number of nitrogens with one attached hydrogen (secondary N) is 1. The second-order valence-corrected chi connectivity index (χ2v) is 4.87. The maximum Gasteiger partial charge on any atom is 0.123 e. The summed E-state index contributed by atoms with van der Waals surface area (Å²) in [5, 5.41) is 0. The van der Waals surface area contributed by atoms with E-state index in [0.29, 0.717) is 0 Å². The van der Waals surface area contributed by atoms with Crippen LogP contribution in [0.15, 0.2) is 48.8 Å². The predicted octanol–water partition coefficient (Wildman–Crippen LogP) is 2.63. The largest absolute Gasteiger partial charge is 0.271 e. The molecule has 0 aliphatic heterocycles. The smallest absolute Gasteiger partial charge is 0.123 e. The Labute approximate surface area is 121 Å². The van der Waals surface area contributed by atoms with E-state index in [2.05, 4.69) is 15.4 Å². The lowest BCUT2D eigenvalue weighted by Crippen LogP contribution is -2.29. The fourth-order valence-corrected chi connectivity index (χ4v) is 2.56. The Morgan fingerprint density at radius 1 is 1.10 bits per heavy atom. The predicted molar refractivity (Wildman–Crippen MR) is 79.8 cm³/mol. The molecular weight excluding hydrogens is 267 g/mol. The van der Waals surface area contributed by atoms with Crippen LogP contribution in [0.1, 0.15) is 22.7 Å². The first-order valence-corrected chi connectivity index (χ1v) is 6.62. The van der Waals surface area contributed by atoms with Crippen molar-refractivity contribution in [3.63, 3.8) is 0 Å². The first-order chi connectivity index (χ1) is 10.2. The van der Waals surface area contributed by atoms with Gasteiger partial charge < -0.3 is 0 Å². The number of aryl methyl sites for hydroxylation is 1. The van der Waals surface area contributed by atoms with Crippen LogP contribution >= 0.6 is 0 Å². The summed E-state index contributed by atoms with van der Waals surface area (Å²) in [6, 6.07) is 10.2. The zero-order valence-electron chi connectivity index (χ0n) is 11.5. The number of nitrogens with zero attached hydrogens (tertiary/aromatic N) is 2. The van der Waals surface area contributed by atoms with Crippen molar-refractivity contribution < 1.29 is 4.39 Å². The van der Waals surface area contributed by atoms with E-state index in [1.54, 1.807) is 18.5 Å². The number of hydrogen-bond donors (Lipinski definition) is 2. The van der Waals surface area contributed by atoms with E-state index in [1.165, 1.54) is 12.1 Å². The maximum absolute atomic E-state index is 13.3. The molecule has 0 radical (unpaired) electrons. The van der Waals surface area contributed by atoms with Gasteiger partial charge in [0.1, 0.15) is 5.82 Å². The van der Waals surface area contributed by atoms with Gasteiger partial charge in [0.05, 0.1) is 17.1 Å². The molecule has 1 atom stereocenters. The maximum atomic E-state index is 13.3. The monoisotopic (exact) mass is 282 g/mol. The lowest BCUT2D eigenvalue weighted by Gasteiger charge is -2.20. The molecule has 0 saturated carbocycles. The lowest BCUT2D eigenvalue weighted by molar-refractivity contribution is 0.613. The highest BCUT2D eigenvalue weighted by Gasteiger charge is 2.18. The van der Waals surface area contributed by atoms with E-state index in [4.69, 9.17) is 5.84 Å². The van der Waals surface area contributed by atoms with Crippen molar-refractivity contribution in [3.8, 4) is 0 Å². The van der Waals surface area contributed by atoms with Gasteiger partial charge in [-0.05, 0) is 36.2 Å². The molecular formula is C16H15FN4. The van der Waals surface area contributed by atoms with Crippen LogP contribution in [-0.2, 0) is 0 Å². The Morgan fingerprint density at radius 2 is 1.90 bits per heavy atom. The van der Waals surface area contributed by atoms with E-state index < -0.39 is 0 Å². The number of hydrogen-bond acceptors (Lipinski definition) is 4. The second-order valence-electron chi connectivity index (χ2n) is 4.87. The molecule has 0 bridgehead atoms. The molecule has 3 N–H and O–H groups in total. The third-order valence-corrected chi connectivity index (χ3v) is 3.55. The average molecular weight is 282 g/mol. The van der Waals surface area contributed by atoms with Crippen LogP contribution in [0.25, 0.3) is 11.0 Å². The van der Waals surface area contributed by atoms with Crippen LogP contribution in [0, 0.1) is 12.7 Å². The zero-order chi connectivity index (χ0) is 14.8. The molecule has 0 fully saturated rings. The highest BCUT2D eigenvalue weighted by Crippen LogP contribution is 2.28. The van der Waals surface area contributed by atoms with Gasteiger partial charge in [-0.2, -0.15) is 0 Å². The van der Waals surface area contributed by atoms with Crippen LogP contribution in [0.5, 0.6) is 0 Å². The minimum Gasteiger partial charge on any atom is -0.271 e. The second kappa shape index (κ2) is 5.55. The highest BCUT2D eigenvalue weighted by atomic mass is 19.1. The van der Waals surface area contributed by atoms with Gasteiger partial charge in [-0.15, -0.1) is 0 Å². The van der Waals surface area contributed by atoms with E-state index in [0.717, 1.165) is 27.7 Å². The van der Waals surface area contributed by atoms with Crippen molar-refractivity contribution in [2.75, 3.05) is 0 Å². The molecule has 4 nitrogen and oxygen atoms in total. The van der Waals surface area contributed by atoms with E-state index in [1.807, 2.05) is 25.1 Å². The first kappa shape index (κ1) is 13.6. The molecule has 1 unspecified atom stereocenters. The van der Waals surface area contributed by atoms with Crippen molar-refractivity contribution in [2.45, 2.75) is 13.0 Å². The molecule has 1 heterocycles. The van der Waals surface area contributed by atoms with Gasteiger partial charge in [-0.3, -0.25) is 15.8 Å². The summed E-state index contributed by atoms with van der Waals surface area (Å²) in [4.78, 5) is 8.69. The number of benzene rings is 2. The first-order valence-electron chi connectivity index (χ1n) is 6.62. The van der Waals surface area contributed by atoms with Gasteiger partial charge in [0.2, 0.25) is 0 Å². The van der Waals surface area contributed by atoms with E-state index in [-0.39, 0.29) is 11.9 Å². The van der Waals surface area contributed by atoms with Crippen LogP contribution in [-0.4, -0.2) is 9.97 Å². The average Bonchev–Trinajstić information content (AvgIpc) is 2.50. The number of rotatable bonds is 3. The molecule has 1 aromatic heterocycles. The Morgan fingerprint density at radius 3 is 2.67 bits per heavy atom. The summed E-state index contributed by atoms with van der Waals surface area (Å²) >= 11 is 0. The van der Waals surface area contributed by atoms with Gasteiger partial charge >= 0.3 is 0 Å². The van der Waals surface area contributed by atoms with Gasteiger partial charge in [0.15, 0.2) is 0 Å². The Bertz CT molecular complexity index is 783. The van der Waals surface area contributed by atoms with E-state index in [9.17, 15) is 4.39 Å². The molecule has 0 saturated heterocycles. The summed E-state index contributed by atoms with van der Waals surface area (Å²) in [5.41, 5.74) is 7.04. The third-order valence-electron chi connectivity index (χ3n) is 3.55. The number of para-hydroxylation sites is 1. The summed E-state index contributed by atoms with van der Waals surface area (Å²) in [5.74, 6) is 5.48. The molecule has 0 amide bonds. The SMILES string of the molecule is Cc1cc(F)ccc1C(NN)c1cccc2nccnc12. The topological polar surface area (TPSA) is 63.8 Å². The summed E-state index contributed by atoms with van der Waals surface area (Å²) in [6.45, 7) is 1.86. The summed E-state index contributed by atoms with van der Waals surface area (Å²) in [7, 11) is 0. The number of hydrazine groups is 1. The van der Waals surface area contributed by atoms with Gasteiger partial charge in [0.25, 0.3) is 0 Å². The van der Waals surface area contributed by atoms with Gasteiger partial charge in [-0.1, -0.05) is 18.2 Å². The molecule has 106 valence electrons. The van der Waals surface area contributed by atoms with Crippen LogP contribution < -0.4 is 11.3 Å². The standard InChI is InChI=1S/C16H15FN4/c1-10-9-11(17)5-6-12(10)15(21-18)13-3-2-4-14-16(13)20-8-7-19-14/h2-9,15,21H,18H2,1H3. The van der Waals surface area contributed by atoms with Crippen molar-refractivity contribution in [1.29, 1.82) is 0 Å². The molecule has 3 rings (SSSR count). The molecule has 21 heavy (non-hydrogen) atoms. The highest BCUT2D eigenvalue weighted by molar-refractivity contribution is 5.78. The fraction of sp³-hybridized carbons (Fsp3) is 0.125. The van der Waals surface area contributed by atoms with Crippen molar-refractivity contribution in [3.05, 3.63) is 71.3 Å². The third kappa shape index (κ3) is 2.49. The van der Waals surface area contributed by atoms with Crippen molar-refractivity contribution >= 4 is 11.0 Å². The summed E-state index contributed by atoms with van der Waals surface area (Å²) < 4.78 is 13.3. The molecule has 0 aliphatic carbocycles. The minimum atomic E-state index is -0.272. The summed E-state index contributed by atoms with van der Waals surface area (Å²) in [6.07, 6.45) is 3.30. The van der Waals surface area contributed by atoms with E-state index >= 15 is 0 Å². The Balaban J connectivity index is 2.18. The molecule has 0 aliphatic rings. The minimum absolute atomic E-state index is 0.260. The van der Waals surface area contributed by atoms with Crippen LogP contribution in [0.3, 0.4) is 0 Å². The number of nitrogens with two attached hydrogens (primary N) is 1. The molecule has 2 aromatic carbocycles. The molecule has 0 spiro atoms. The van der Waals surface area contributed by atoms with Gasteiger partial charge in [-0.25, -0.2) is 9.82 Å². The number of halogens is 1. The molecule has 5 heteroatoms. The molecule has 3 aromatic rings. The fourth-order valence-electron chi connectivity index (χ4n) is 2.56. The normalized spacial score (nSPS) is 12.5. The number of fused-ring (bicyclic) bond motifs is 1. The lowest BCUT2D eigenvalue weighted by atomic mass is 9.94. The van der Waals surface area contributed by atoms with Crippen molar-refractivity contribution in [2.24, 2.45) is 5.84 Å². The number of aromatic nitrogens is 2. The zero-order valence-corrected chi connectivity index (χ0v) is 11.5. The van der Waals surface area contributed by atoms with Crippen molar-refractivity contribution in [1.82, 2.24) is 15.4 Å².